The van der Waals surface area contributed by atoms with Gasteiger partial charge < -0.3 is 15.2 Å². The summed E-state index contributed by atoms with van der Waals surface area (Å²) in [4.78, 5) is 21.6. The number of hydrogen-bond donors (Lipinski definition) is 2. The van der Waals surface area contributed by atoms with E-state index in [-0.39, 0.29) is 18.7 Å². The van der Waals surface area contributed by atoms with Crippen molar-refractivity contribution in [2.45, 2.75) is 32.6 Å². The number of benzene rings is 1. The molecule has 0 aromatic heterocycles. The molecule has 110 valence electrons. The van der Waals surface area contributed by atoms with Crippen LogP contribution in [-0.4, -0.2) is 30.1 Å². The van der Waals surface area contributed by atoms with Gasteiger partial charge in [0.1, 0.15) is 12.4 Å². The maximum Gasteiger partial charge on any atom is 0.303 e. The van der Waals surface area contributed by atoms with Gasteiger partial charge in [0.25, 0.3) is 0 Å². The molecule has 0 fully saturated rings. The highest BCUT2D eigenvalue weighted by molar-refractivity contribution is 5.80. The first-order valence-corrected chi connectivity index (χ1v) is 6.71. The van der Waals surface area contributed by atoms with Crippen molar-refractivity contribution < 1.29 is 19.4 Å². The largest absolute Gasteiger partial charge is 0.491 e. The molecule has 5 nitrogen and oxygen atoms in total. The van der Waals surface area contributed by atoms with Gasteiger partial charge in [-0.25, -0.2) is 0 Å². The Labute approximate surface area is 118 Å². The highest BCUT2D eigenvalue weighted by Gasteiger charge is 2.07. The number of para-hydroxylation sites is 1. The number of hydrogen-bond acceptors (Lipinski definition) is 3. The SMILES string of the molecule is CC(C)c1ccccc1OCCNC(=O)CCC(=O)O. The van der Waals surface area contributed by atoms with Crippen molar-refractivity contribution >= 4 is 11.9 Å². The van der Waals surface area contributed by atoms with Crippen molar-refractivity contribution in [3.8, 4) is 5.75 Å². The van der Waals surface area contributed by atoms with E-state index in [0.29, 0.717) is 19.1 Å². The van der Waals surface area contributed by atoms with Crippen molar-refractivity contribution in [1.29, 1.82) is 0 Å². The average molecular weight is 279 g/mol. The molecule has 0 radical (unpaired) electrons. The van der Waals surface area contributed by atoms with Crippen LogP contribution in [0.2, 0.25) is 0 Å². The molecule has 0 unspecified atom stereocenters. The summed E-state index contributed by atoms with van der Waals surface area (Å²) in [5, 5.41) is 11.1. The van der Waals surface area contributed by atoms with Gasteiger partial charge in [-0.2, -0.15) is 0 Å². The third kappa shape index (κ3) is 5.73. The summed E-state index contributed by atoms with van der Waals surface area (Å²) in [6.45, 7) is 4.92. The van der Waals surface area contributed by atoms with Gasteiger partial charge in [-0.15, -0.1) is 0 Å². The average Bonchev–Trinajstić information content (AvgIpc) is 2.41. The smallest absolute Gasteiger partial charge is 0.303 e. The number of carbonyl (C=O) groups is 2. The van der Waals surface area contributed by atoms with Crippen molar-refractivity contribution in [2.75, 3.05) is 13.2 Å². The Kier molecular flexibility index (Phi) is 6.56. The zero-order valence-electron chi connectivity index (χ0n) is 11.9. The van der Waals surface area contributed by atoms with E-state index in [1.807, 2.05) is 24.3 Å². The van der Waals surface area contributed by atoms with Crippen molar-refractivity contribution in [2.24, 2.45) is 0 Å². The predicted molar refractivity (Wildman–Crippen MR) is 75.9 cm³/mol. The standard InChI is InChI=1S/C15H21NO4/c1-11(2)12-5-3-4-6-13(12)20-10-9-16-14(17)7-8-15(18)19/h3-6,11H,7-10H2,1-2H3,(H,16,17)(H,18,19). The molecule has 0 bridgehead atoms. The lowest BCUT2D eigenvalue weighted by Crippen LogP contribution is -2.28. The number of nitrogens with one attached hydrogen (secondary N) is 1. The molecule has 0 atom stereocenters. The zero-order valence-corrected chi connectivity index (χ0v) is 11.9. The zero-order chi connectivity index (χ0) is 15.0. The Morgan fingerprint density at radius 2 is 1.95 bits per heavy atom. The van der Waals surface area contributed by atoms with Gasteiger partial charge in [0.15, 0.2) is 0 Å². The monoisotopic (exact) mass is 279 g/mol. The Balaban J connectivity index is 2.31. The summed E-state index contributed by atoms with van der Waals surface area (Å²) in [5.74, 6) is -0.0472. The maximum absolute atomic E-state index is 11.3. The normalized spacial score (nSPS) is 10.3. The second-order valence-corrected chi connectivity index (χ2v) is 4.78. The Bertz CT molecular complexity index is 457. The molecule has 1 amide bonds. The first-order chi connectivity index (χ1) is 9.50. The summed E-state index contributed by atoms with van der Waals surface area (Å²) >= 11 is 0. The molecular formula is C15H21NO4. The second kappa shape index (κ2) is 8.19. The molecule has 20 heavy (non-hydrogen) atoms. The van der Waals surface area contributed by atoms with Gasteiger partial charge in [0, 0.05) is 6.42 Å². The minimum atomic E-state index is -0.970. The Morgan fingerprint density at radius 1 is 1.25 bits per heavy atom. The Morgan fingerprint density at radius 3 is 2.60 bits per heavy atom. The highest BCUT2D eigenvalue weighted by atomic mass is 16.5. The molecule has 0 aliphatic heterocycles. The number of carboxylic acid groups (broad SMARTS) is 1. The molecule has 0 saturated heterocycles. The quantitative estimate of drug-likeness (QED) is 0.715. The van der Waals surface area contributed by atoms with Crippen LogP contribution >= 0.6 is 0 Å². The molecular weight excluding hydrogens is 258 g/mol. The minimum absolute atomic E-state index is 0.00207. The van der Waals surface area contributed by atoms with Crippen LogP contribution in [0.5, 0.6) is 5.75 Å². The highest BCUT2D eigenvalue weighted by Crippen LogP contribution is 2.25. The van der Waals surface area contributed by atoms with E-state index in [2.05, 4.69) is 19.2 Å². The second-order valence-electron chi connectivity index (χ2n) is 4.78. The van der Waals surface area contributed by atoms with E-state index in [1.165, 1.54) is 0 Å². The predicted octanol–water partition coefficient (Wildman–Crippen LogP) is 2.17. The van der Waals surface area contributed by atoms with Crippen LogP contribution in [0.3, 0.4) is 0 Å². The van der Waals surface area contributed by atoms with E-state index in [4.69, 9.17) is 9.84 Å². The summed E-state index contributed by atoms with van der Waals surface area (Å²) in [7, 11) is 0. The van der Waals surface area contributed by atoms with Gasteiger partial charge in [-0.3, -0.25) is 9.59 Å². The summed E-state index contributed by atoms with van der Waals surface area (Å²) in [5.41, 5.74) is 1.13. The van der Waals surface area contributed by atoms with Crippen LogP contribution in [0.4, 0.5) is 0 Å². The summed E-state index contributed by atoms with van der Waals surface area (Å²) < 4.78 is 5.64. The number of ether oxygens (including phenoxy) is 1. The lowest BCUT2D eigenvalue weighted by molar-refractivity contribution is -0.138. The topological polar surface area (TPSA) is 75.6 Å². The van der Waals surface area contributed by atoms with Crippen molar-refractivity contribution in [1.82, 2.24) is 5.32 Å². The lowest BCUT2D eigenvalue weighted by Gasteiger charge is -2.14. The van der Waals surface area contributed by atoms with E-state index in [0.717, 1.165) is 11.3 Å². The first-order valence-electron chi connectivity index (χ1n) is 6.71. The van der Waals surface area contributed by atoms with Crippen LogP contribution in [-0.2, 0) is 9.59 Å². The number of aliphatic carboxylic acids is 1. The van der Waals surface area contributed by atoms with Gasteiger partial charge >= 0.3 is 5.97 Å². The minimum Gasteiger partial charge on any atom is -0.491 e. The number of carboxylic acids is 1. The van der Waals surface area contributed by atoms with E-state index in [1.54, 1.807) is 0 Å². The number of carbonyl (C=O) groups excluding carboxylic acids is 1. The third-order valence-corrected chi connectivity index (χ3v) is 2.79. The van der Waals surface area contributed by atoms with Gasteiger partial charge in [-0.1, -0.05) is 32.0 Å². The maximum atomic E-state index is 11.3. The third-order valence-electron chi connectivity index (χ3n) is 2.79. The molecule has 2 N–H and O–H groups in total. The molecule has 0 aliphatic carbocycles. The van der Waals surface area contributed by atoms with Crippen LogP contribution in [0.25, 0.3) is 0 Å². The fraction of sp³-hybridized carbons (Fsp3) is 0.467. The van der Waals surface area contributed by atoms with E-state index >= 15 is 0 Å². The molecule has 1 aromatic carbocycles. The Hall–Kier alpha value is -2.04. The molecule has 0 spiro atoms. The van der Waals surface area contributed by atoms with Gasteiger partial charge in [0.05, 0.1) is 13.0 Å². The van der Waals surface area contributed by atoms with Crippen molar-refractivity contribution in [3.05, 3.63) is 29.8 Å². The van der Waals surface area contributed by atoms with Gasteiger partial charge in [0.2, 0.25) is 5.91 Å². The molecule has 1 rings (SSSR count). The molecule has 0 aliphatic rings. The van der Waals surface area contributed by atoms with Crippen LogP contribution in [0, 0.1) is 0 Å². The van der Waals surface area contributed by atoms with Gasteiger partial charge in [-0.05, 0) is 17.5 Å². The number of rotatable bonds is 8. The first kappa shape index (κ1) is 16.0. The van der Waals surface area contributed by atoms with E-state index in [9.17, 15) is 9.59 Å². The summed E-state index contributed by atoms with van der Waals surface area (Å²) in [6.07, 6.45) is -0.152. The van der Waals surface area contributed by atoms with Crippen molar-refractivity contribution in [3.63, 3.8) is 0 Å². The molecule has 5 heteroatoms. The van der Waals surface area contributed by atoms with Crippen LogP contribution in [0.15, 0.2) is 24.3 Å². The summed E-state index contributed by atoms with van der Waals surface area (Å²) in [6, 6.07) is 7.80. The number of amides is 1. The fourth-order valence-electron chi connectivity index (χ4n) is 1.75. The fourth-order valence-corrected chi connectivity index (χ4v) is 1.75. The lowest BCUT2D eigenvalue weighted by atomic mass is 10.0. The molecule has 0 heterocycles. The van der Waals surface area contributed by atoms with Crippen LogP contribution < -0.4 is 10.1 Å². The van der Waals surface area contributed by atoms with E-state index < -0.39 is 5.97 Å². The molecule has 1 aromatic rings. The molecule has 0 saturated carbocycles. The van der Waals surface area contributed by atoms with Crippen LogP contribution in [0.1, 0.15) is 38.2 Å².